The molecule has 2 saturated heterocycles. The number of nitrogens with zero attached hydrogens (tertiary/aromatic N) is 2. The number of aryl methyl sites for hydroxylation is 1. The topological polar surface area (TPSA) is 54.8 Å². The summed E-state index contributed by atoms with van der Waals surface area (Å²) in [5.74, 6) is 2.20. The number of ether oxygens (including phenoxy) is 2. The molecule has 24 heavy (non-hydrogen) atoms. The summed E-state index contributed by atoms with van der Waals surface area (Å²) in [6.07, 6.45) is 5.97. The Labute approximate surface area is 144 Å². The average Bonchev–Trinajstić information content (AvgIpc) is 3.11. The Hall–Kier alpha value is -1.17. The second kappa shape index (κ2) is 6.62. The fourth-order valence-electron chi connectivity index (χ4n) is 4.67. The second-order valence-corrected chi connectivity index (χ2v) is 7.78. The van der Waals surface area contributed by atoms with E-state index in [1.165, 1.54) is 6.42 Å². The van der Waals surface area contributed by atoms with Crippen LogP contribution in [0.4, 0.5) is 0 Å². The Morgan fingerprint density at radius 1 is 1.33 bits per heavy atom. The molecule has 0 amide bonds. The van der Waals surface area contributed by atoms with E-state index < -0.39 is 5.60 Å². The Morgan fingerprint density at radius 2 is 2.17 bits per heavy atom. The molecule has 5 nitrogen and oxygen atoms in total. The van der Waals surface area contributed by atoms with E-state index in [-0.39, 0.29) is 6.10 Å². The van der Waals surface area contributed by atoms with Gasteiger partial charge in [0.05, 0.1) is 11.3 Å². The summed E-state index contributed by atoms with van der Waals surface area (Å²) in [5, 5.41) is 10.8. The molecule has 0 radical (unpaired) electrons. The van der Waals surface area contributed by atoms with E-state index in [2.05, 4.69) is 9.88 Å². The molecule has 3 heterocycles. The van der Waals surface area contributed by atoms with Crippen LogP contribution in [0.1, 0.15) is 31.4 Å². The first kappa shape index (κ1) is 16.3. The molecule has 1 aliphatic carbocycles. The third kappa shape index (κ3) is 3.30. The highest BCUT2D eigenvalue weighted by Gasteiger charge is 2.45. The highest BCUT2D eigenvalue weighted by Crippen LogP contribution is 2.41. The lowest BCUT2D eigenvalue weighted by atomic mass is 9.94. The minimum Gasteiger partial charge on any atom is -0.488 e. The van der Waals surface area contributed by atoms with Crippen molar-refractivity contribution in [3.8, 4) is 5.75 Å². The van der Waals surface area contributed by atoms with Crippen molar-refractivity contribution in [3.05, 3.63) is 24.0 Å². The molecule has 2 aliphatic heterocycles. The van der Waals surface area contributed by atoms with Crippen molar-refractivity contribution >= 4 is 0 Å². The van der Waals surface area contributed by atoms with Gasteiger partial charge >= 0.3 is 0 Å². The maximum Gasteiger partial charge on any atom is 0.140 e. The van der Waals surface area contributed by atoms with Gasteiger partial charge in [0.1, 0.15) is 11.9 Å². The van der Waals surface area contributed by atoms with Gasteiger partial charge in [-0.3, -0.25) is 9.88 Å². The van der Waals surface area contributed by atoms with Crippen LogP contribution < -0.4 is 4.74 Å². The van der Waals surface area contributed by atoms with Crippen LogP contribution in [0.5, 0.6) is 5.75 Å². The van der Waals surface area contributed by atoms with Gasteiger partial charge in [-0.25, -0.2) is 0 Å². The lowest BCUT2D eigenvalue weighted by Gasteiger charge is -2.35. The van der Waals surface area contributed by atoms with Crippen LogP contribution in [0.25, 0.3) is 0 Å². The Bertz CT molecular complexity index is 573. The SMILES string of the molecule is Cc1ncccc1O[C@@H]1CC[C@@H]2CN(CC3(O)CCOCC3)C[C@@H]21. The zero-order valence-electron chi connectivity index (χ0n) is 14.5. The molecule has 1 N–H and O–H groups in total. The van der Waals surface area contributed by atoms with Crippen LogP contribution in [-0.4, -0.2) is 59.5 Å². The largest absolute Gasteiger partial charge is 0.488 e. The highest BCUT2D eigenvalue weighted by molar-refractivity contribution is 5.26. The molecule has 0 aromatic carbocycles. The van der Waals surface area contributed by atoms with Crippen molar-refractivity contribution in [2.45, 2.75) is 44.3 Å². The minimum atomic E-state index is -0.562. The summed E-state index contributed by atoms with van der Waals surface area (Å²) in [4.78, 5) is 6.78. The fraction of sp³-hybridized carbons (Fsp3) is 0.737. The van der Waals surface area contributed by atoms with Crippen molar-refractivity contribution in [1.82, 2.24) is 9.88 Å². The van der Waals surface area contributed by atoms with E-state index in [4.69, 9.17) is 9.47 Å². The van der Waals surface area contributed by atoms with Crippen LogP contribution >= 0.6 is 0 Å². The van der Waals surface area contributed by atoms with E-state index in [0.29, 0.717) is 25.0 Å². The monoisotopic (exact) mass is 332 g/mol. The van der Waals surface area contributed by atoms with Gasteiger partial charge in [0.15, 0.2) is 0 Å². The molecule has 4 rings (SSSR count). The third-order valence-electron chi connectivity index (χ3n) is 6.04. The number of fused-ring (bicyclic) bond motifs is 1. The third-order valence-corrected chi connectivity index (χ3v) is 6.04. The predicted molar refractivity (Wildman–Crippen MR) is 91.0 cm³/mol. The summed E-state index contributed by atoms with van der Waals surface area (Å²) in [6.45, 7) is 6.29. The lowest BCUT2D eigenvalue weighted by Crippen LogP contribution is -2.46. The molecule has 0 bridgehead atoms. The molecule has 3 fully saturated rings. The fourth-order valence-corrected chi connectivity index (χ4v) is 4.67. The summed E-state index contributed by atoms with van der Waals surface area (Å²) in [7, 11) is 0. The molecule has 132 valence electrons. The van der Waals surface area contributed by atoms with Gasteiger partial charge in [0.25, 0.3) is 0 Å². The number of aromatic nitrogens is 1. The summed E-state index contributed by atoms with van der Waals surface area (Å²) < 4.78 is 11.7. The van der Waals surface area contributed by atoms with E-state index in [0.717, 1.165) is 50.3 Å². The number of rotatable bonds is 4. The first-order valence-electron chi connectivity index (χ1n) is 9.24. The van der Waals surface area contributed by atoms with Gasteiger partial charge < -0.3 is 14.6 Å². The van der Waals surface area contributed by atoms with Crippen molar-refractivity contribution in [2.75, 3.05) is 32.8 Å². The zero-order chi connectivity index (χ0) is 16.6. The molecule has 0 spiro atoms. The average molecular weight is 332 g/mol. The number of aliphatic hydroxyl groups is 1. The van der Waals surface area contributed by atoms with E-state index in [1.807, 2.05) is 25.3 Å². The number of likely N-dealkylation sites (tertiary alicyclic amines) is 1. The maximum absolute atomic E-state index is 10.8. The Balaban J connectivity index is 1.37. The van der Waals surface area contributed by atoms with E-state index in [1.54, 1.807) is 0 Å². The summed E-state index contributed by atoms with van der Waals surface area (Å²) >= 11 is 0. The molecule has 1 saturated carbocycles. The predicted octanol–water partition coefficient (Wildman–Crippen LogP) is 2.02. The first-order chi connectivity index (χ1) is 11.6. The smallest absolute Gasteiger partial charge is 0.140 e. The molecule has 3 atom stereocenters. The number of hydrogen-bond donors (Lipinski definition) is 1. The molecule has 1 aromatic heterocycles. The van der Waals surface area contributed by atoms with Gasteiger partial charge in [-0.05, 0) is 37.8 Å². The van der Waals surface area contributed by atoms with Crippen molar-refractivity contribution in [3.63, 3.8) is 0 Å². The van der Waals surface area contributed by atoms with Crippen LogP contribution in [0.2, 0.25) is 0 Å². The van der Waals surface area contributed by atoms with Crippen molar-refractivity contribution < 1.29 is 14.6 Å². The van der Waals surface area contributed by atoms with Crippen LogP contribution in [0.3, 0.4) is 0 Å². The van der Waals surface area contributed by atoms with Gasteiger partial charge in [0, 0.05) is 57.8 Å². The van der Waals surface area contributed by atoms with Gasteiger partial charge in [-0.2, -0.15) is 0 Å². The van der Waals surface area contributed by atoms with Crippen LogP contribution in [-0.2, 0) is 4.74 Å². The Kier molecular flexibility index (Phi) is 4.50. The first-order valence-corrected chi connectivity index (χ1v) is 9.24. The van der Waals surface area contributed by atoms with Crippen LogP contribution in [0, 0.1) is 18.8 Å². The Morgan fingerprint density at radius 3 is 2.96 bits per heavy atom. The number of pyridine rings is 1. The number of β-amino-alcohol motifs (C(OH)–C–C–N with tert-alkyl or cyclic N) is 1. The van der Waals surface area contributed by atoms with Crippen LogP contribution in [0.15, 0.2) is 18.3 Å². The van der Waals surface area contributed by atoms with E-state index in [9.17, 15) is 5.11 Å². The molecule has 0 unspecified atom stereocenters. The maximum atomic E-state index is 10.8. The molecule has 3 aliphatic rings. The second-order valence-electron chi connectivity index (χ2n) is 7.78. The number of hydrogen-bond acceptors (Lipinski definition) is 5. The minimum absolute atomic E-state index is 0.284. The van der Waals surface area contributed by atoms with E-state index >= 15 is 0 Å². The molecule has 1 aromatic rings. The zero-order valence-corrected chi connectivity index (χ0v) is 14.5. The molecular formula is C19H28N2O3. The van der Waals surface area contributed by atoms with Gasteiger partial charge in [0.2, 0.25) is 0 Å². The normalized spacial score (nSPS) is 32.7. The summed E-state index contributed by atoms with van der Waals surface area (Å²) in [6, 6.07) is 3.96. The van der Waals surface area contributed by atoms with Gasteiger partial charge in [-0.1, -0.05) is 0 Å². The quantitative estimate of drug-likeness (QED) is 0.914. The molecule has 5 heteroatoms. The van der Waals surface area contributed by atoms with Gasteiger partial charge in [-0.15, -0.1) is 0 Å². The molecular weight excluding hydrogens is 304 g/mol. The lowest BCUT2D eigenvalue weighted by molar-refractivity contribution is -0.0783. The highest BCUT2D eigenvalue weighted by atomic mass is 16.5. The van der Waals surface area contributed by atoms with Crippen molar-refractivity contribution in [2.24, 2.45) is 11.8 Å². The standard InChI is InChI=1S/C19H28N2O3/c1-14-17(3-2-8-20-14)24-18-5-4-15-11-21(12-16(15)18)13-19(22)6-9-23-10-7-19/h2-3,8,15-16,18,22H,4-7,9-13H2,1H3/t15-,16+,18-/m1/s1. The summed E-state index contributed by atoms with van der Waals surface area (Å²) in [5.41, 5.74) is 0.403. The van der Waals surface area contributed by atoms with Crippen molar-refractivity contribution in [1.29, 1.82) is 0 Å².